The molecular weight excluding hydrogens is 370 g/mol. The van der Waals surface area contributed by atoms with Crippen LogP contribution >= 0.6 is 0 Å². The molecule has 0 amide bonds. The molecule has 4 aromatic rings. The van der Waals surface area contributed by atoms with Crippen molar-refractivity contribution in [2.75, 3.05) is 0 Å². The average molecular weight is 391 g/mol. The van der Waals surface area contributed by atoms with E-state index in [1.54, 1.807) is 0 Å². The first-order valence-electron chi connectivity index (χ1n) is 10.5. The summed E-state index contributed by atoms with van der Waals surface area (Å²) in [5.74, 6) is 1.90. The van der Waals surface area contributed by atoms with Gasteiger partial charge in [0.1, 0.15) is 5.75 Å². The minimum Gasteiger partial charge on any atom is -0.503 e. The molecule has 4 aromatic carbocycles. The molecule has 0 atom stereocenters. The maximum absolute atomic E-state index is 6.40. The molecule has 0 bridgehead atoms. The third-order valence-electron chi connectivity index (χ3n) is 6.43. The van der Waals surface area contributed by atoms with Crippen LogP contribution in [0.15, 0.2) is 60.7 Å². The molecule has 0 aromatic heterocycles. The standard InChI is InChI=1S/C28H21BO.Li/c1-17-5-4-6-20(13-17)22-10-12-27-28-23(22)16-21-9-7-18(2)14-24(21)29(28)25-15-19(3)8-11-26(25)30-27;/h4-5,7-9,11-15H,16H2,1-3H3;/q-2;+1. The van der Waals surface area contributed by atoms with Crippen molar-refractivity contribution < 1.29 is 23.6 Å². The van der Waals surface area contributed by atoms with E-state index in [1.807, 2.05) is 12.1 Å². The number of fused-ring (bicyclic) bond motifs is 4. The molecule has 0 N–H and O–H groups in total. The van der Waals surface area contributed by atoms with Crippen LogP contribution < -0.4 is 40.0 Å². The van der Waals surface area contributed by atoms with Gasteiger partial charge in [0, 0.05) is 5.75 Å². The van der Waals surface area contributed by atoms with E-state index in [1.165, 1.54) is 44.2 Å². The molecule has 1 nitrogen and oxygen atoms in total. The number of ether oxygens (including phenoxy) is 1. The second-order valence-electron chi connectivity index (χ2n) is 8.66. The Balaban J connectivity index is 0.00000204. The van der Waals surface area contributed by atoms with E-state index in [2.05, 4.69) is 81.4 Å². The van der Waals surface area contributed by atoms with E-state index in [4.69, 9.17) is 4.74 Å². The summed E-state index contributed by atoms with van der Waals surface area (Å²) in [6.45, 7) is 6.66. The van der Waals surface area contributed by atoms with Gasteiger partial charge in [0.25, 0.3) is 0 Å². The molecule has 0 fully saturated rings. The van der Waals surface area contributed by atoms with Crippen molar-refractivity contribution in [1.29, 1.82) is 0 Å². The van der Waals surface area contributed by atoms with Crippen LogP contribution in [0.5, 0.6) is 11.5 Å². The Bertz CT molecular complexity index is 1330. The van der Waals surface area contributed by atoms with Crippen molar-refractivity contribution in [2.24, 2.45) is 0 Å². The molecule has 2 heterocycles. The van der Waals surface area contributed by atoms with Crippen LogP contribution in [0.1, 0.15) is 27.8 Å². The number of aryl methyl sites for hydroxylation is 3. The van der Waals surface area contributed by atoms with Gasteiger partial charge in [0.15, 0.2) is 0 Å². The van der Waals surface area contributed by atoms with Gasteiger partial charge < -0.3 is 4.74 Å². The van der Waals surface area contributed by atoms with Gasteiger partial charge in [0.2, 0.25) is 6.71 Å². The third-order valence-corrected chi connectivity index (χ3v) is 6.43. The number of rotatable bonds is 1. The summed E-state index contributed by atoms with van der Waals surface area (Å²) in [6.07, 6.45) is 0.896. The predicted molar refractivity (Wildman–Crippen MR) is 124 cm³/mol. The van der Waals surface area contributed by atoms with Crippen LogP contribution in [-0.4, -0.2) is 6.71 Å². The molecule has 144 valence electrons. The van der Waals surface area contributed by atoms with Crippen LogP contribution in [0, 0.1) is 32.9 Å². The molecule has 0 unspecified atom stereocenters. The van der Waals surface area contributed by atoms with Gasteiger partial charge in [-0.05, 0) is 31.8 Å². The maximum atomic E-state index is 6.40. The summed E-state index contributed by atoms with van der Waals surface area (Å²) in [5, 5.41) is 0. The molecule has 0 radical (unpaired) electrons. The molecular formula is C28H21BLiO-. The van der Waals surface area contributed by atoms with Gasteiger partial charge in [-0.1, -0.05) is 59.4 Å². The summed E-state index contributed by atoms with van der Waals surface area (Å²) in [7, 11) is 0. The topological polar surface area (TPSA) is 9.23 Å². The van der Waals surface area contributed by atoms with Crippen LogP contribution in [0.25, 0.3) is 11.1 Å². The van der Waals surface area contributed by atoms with E-state index in [-0.39, 0.29) is 25.6 Å². The van der Waals surface area contributed by atoms with Crippen LogP contribution in [0.3, 0.4) is 0 Å². The SMILES string of the molecule is Cc1cc[c-]c(-c2[c-]cc3c4c2Cc2ccc(C)cc2B4c2cc(C)ccc2O3)c1.[Li+]. The van der Waals surface area contributed by atoms with Crippen molar-refractivity contribution >= 4 is 23.1 Å². The zero-order valence-electron chi connectivity index (χ0n) is 18.5. The predicted octanol–water partition coefficient (Wildman–Crippen LogP) is 1.41. The molecule has 2 aliphatic heterocycles. The Hall–Kier alpha value is -2.66. The van der Waals surface area contributed by atoms with E-state index in [0.717, 1.165) is 29.0 Å². The average Bonchev–Trinajstić information content (AvgIpc) is 2.74. The first kappa shape index (κ1) is 20.3. The van der Waals surface area contributed by atoms with Crippen LogP contribution in [-0.2, 0) is 6.42 Å². The monoisotopic (exact) mass is 391 g/mol. The van der Waals surface area contributed by atoms with Crippen LogP contribution in [0.2, 0.25) is 0 Å². The summed E-state index contributed by atoms with van der Waals surface area (Å²) < 4.78 is 6.40. The first-order valence-corrected chi connectivity index (χ1v) is 10.5. The second-order valence-corrected chi connectivity index (χ2v) is 8.66. The summed E-state index contributed by atoms with van der Waals surface area (Å²) in [5.41, 5.74) is 12.7. The summed E-state index contributed by atoms with van der Waals surface area (Å²) in [6, 6.07) is 28.7. The van der Waals surface area contributed by atoms with Crippen molar-refractivity contribution in [1.82, 2.24) is 0 Å². The zero-order valence-corrected chi connectivity index (χ0v) is 18.5. The van der Waals surface area contributed by atoms with Crippen molar-refractivity contribution in [3.8, 4) is 22.6 Å². The van der Waals surface area contributed by atoms with E-state index < -0.39 is 0 Å². The van der Waals surface area contributed by atoms with Gasteiger partial charge in [0.05, 0.1) is 0 Å². The van der Waals surface area contributed by atoms with E-state index >= 15 is 0 Å². The molecule has 2 aliphatic rings. The van der Waals surface area contributed by atoms with E-state index in [9.17, 15) is 0 Å². The Kier molecular flexibility index (Phi) is 4.89. The van der Waals surface area contributed by atoms with Crippen molar-refractivity contribution in [3.05, 3.63) is 101 Å². The quantitative estimate of drug-likeness (QED) is 0.304. The fourth-order valence-electron chi connectivity index (χ4n) is 5.05. The molecule has 0 saturated carbocycles. The summed E-state index contributed by atoms with van der Waals surface area (Å²) >= 11 is 0. The molecule has 0 aliphatic carbocycles. The third kappa shape index (κ3) is 3.18. The minimum absolute atomic E-state index is 0. The minimum atomic E-state index is 0. The van der Waals surface area contributed by atoms with Gasteiger partial charge in [-0.3, -0.25) is 0 Å². The molecule has 3 heteroatoms. The van der Waals surface area contributed by atoms with Crippen molar-refractivity contribution in [3.63, 3.8) is 0 Å². The normalized spacial score (nSPS) is 12.8. The number of benzene rings is 4. The Labute approximate surface area is 196 Å². The molecule has 0 spiro atoms. The van der Waals surface area contributed by atoms with E-state index in [0.29, 0.717) is 0 Å². The summed E-state index contributed by atoms with van der Waals surface area (Å²) in [4.78, 5) is 0. The fourth-order valence-corrected chi connectivity index (χ4v) is 5.05. The van der Waals surface area contributed by atoms with Crippen LogP contribution in [0.4, 0.5) is 0 Å². The Morgan fingerprint density at radius 3 is 2.35 bits per heavy atom. The molecule has 0 saturated heterocycles. The fraction of sp³-hybridized carbons (Fsp3) is 0.143. The van der Waals surface area contributed by atoms with Gasteiger partial charge in [-0.15, -0.1) is 23.2 Å². The molecule has 6 rings (SSSR count). The second kappa shape index (κ2) is 7.49. The van der Waals surface area contributed by atoms with Gasteiger partial charge >= 0.3 is 18.9 Å². The largest absolute Gasteiger partial charge is 1.00 e. The van der Waals surface area contributed by atoms with Crippen molar-refractivity contribution in [2.45, 2.75) is 27.2 Å². The zero-order chi connectivity index (χ0) is 20.4. The Morgan fingerprint density at radius 1 is 0.806 bits per heavy atom. The first-order chi connectivity index (χ1) is 14.6. The number of hydrogen-bond donors (Lipinski definition) is 0. The Morgan fingerprint density at radius 2 is 1.55 bits per heavy atom. The smallest absolute Gasteiger partial charge is 0.503 e. The maximum Gasteiger partial charge on any atom is 1.00 e. The molecule has 31 heavy (non-hydrogen) atoms. The number of hydrogen-bond acceptors (Lipinski definition) is 1. The van der Waals surface area contributed by atoms with Gasteiger partial charge in [-0.2, -0.15) is 29.8 Å². The van der Waals surface area contributed by atoms with Gasteiger partial charge in [-0.25, -0.2) is 11.1 Å².